The molecule has 3 aromatic heterocycles. The molecule has 1 saturated heterocycles. The number of anilines is 1. The maximum absolute atomic E-state index is 5.80. The third-order valence-electron chi connectivity index (χ3n) is 4.74. The fourth-order valence-electron chi connectivity index (χ4n) is 2.98. The summed E-state index contributed by atoms with van der Waals surface area (Å²) in [6.07, 6.45) is 1.83. The molecule has 0 amide bonds. The monoisotopic (exact) mass is 341 g/mol. The Morgan fingerprint density at radius 2 is 2.08 bits per heavy atom. The molecule has 0 aromatic carbocycles. The average Bonchev–Trinajstić information content (AvgIpc) is 3.13. The second-order valence-electron chi connectivity index (χ2n) is 6.99. The van der Waals surface area contributed by atoms with Gasteiger partial charge >= 0.3 is 0 Å². The van der Waals surface area contributed by atoms with Gasteiger partial charge < -0.3 is 9.32 Å². The van der Waals surface area contributed by atoms with Crippen LogP contribution in [0.1, 0.15) is 37.2 Å². The summed E-state index contributed by atoms with van der Waals surface area (Å²) in [7, 11) is 2.11. The Labute approximate surface area is 146 Å². The van der Waals surface area contributed by atoms with Crippen LogP contribution in [0.25, 0.3) is 5.65 Å². The number of oxazole rings is 1. The van der Waals surface area contributed by atoms with Crippen LogP contribution in [0.4, 0.5) is 5.82 Å². The fourth-order valence-corrected chi connectivity index (χ4v) is 2.98. The standard InChI is InChI=1S/C17H23N7O/c1-11(2)14-7-18-17(25-14)10-22(4)13-8-23(9-13)16-6-5-15-20-19-12(3)24(15)21-16/h5-7,11,13H,8-10H2,1-4H3. The molecule has 132 valence electrons. The van der Waals surface area contributed by atoms with Crippen LogP contribution < -0.4 is 4.90 Å². The van der Waals surface area contributed by atoms with Crippen molar-refractivity contribution in [2.75, 3.05) is 25.0 Å². The van der Waals surface area contributed by atoms with E-state index >= 15 is 0 Å². The Hall–Kier alpha value is -2.48. The van der Waals surface area contributed by atoms with E-state index < -0.39 is 0 Å². The highest BCUT2D eigenvalue weighted by Crippen LogP contribution is 2.23. The summed E-state index contributed by atoms with van der Waals surface area (Å²) in [6, 6.07) is 4.43. The molecule has 1 aliphatic rings. The molecular weight excluding hydrogens is 318 g/mol. The summed E-state index contributed by atoms with van der Waals surface area (Å²) >= 11 is 0. The van der Waals surface area contributed by atoms with Gasteiger partial charge in [-0.05, 0) is 26.1 Å². The van der Waals surface area contributed by atoms with E-state index in [1.165, 1.54) is 0 Å². The van der Waals surface area contributed by atoms with Crippen molar-refractivity contribution in [2.24, 2.45) is 0 Å². The molecular formula is C17H23N7O. The SMILES string of the molecule is Cc1nnc2ccc(N3CC(N(C)Cc4ncc(C(C)C)o4)C3)nn12. The van der Waals surface area contributed by atoms with Gasteiger partial charge in [0.05, 0.1) is 12.7 Å². The first-order valence-corrected chi connectivity index (χ1v) is 8.60. The summed E-state index contributed by atoms with van der Waals surface area (Å²) in [4.78, 5) is 8.93. The minimum atomic E-state index is 0.368. The molecule has 0 radical (unpaired) electrons. The van der Waals surface area contributed by atoms with Crippen molar-refractivity contribution in [3.05, 3.63) is 35.8 Å². The summed E-state index contributed by atoms with van der Waals surface area (Å²) in [5, 5.41) is 12.7. The first kappa shape index (κ1) is 16.0. The molecule has 25 heavy (non-hydrogen) atoms. The van der Waals surface area contributed by atoms with Crippen LogP contribution in [-0.2, 0) is 6.54 Å². The normalized spacial score (nSPS) is 15.5. The van der Waals surface area contributed by atoms with Crippen molar-refractivity contribution in [1.82, 2.24) is 29.7 Å². The Kier molecular flexibility index (Phi) is 3.91. The number of fused-ring (bicyclic) bond motifs is 1. The van der Waals surface area contributed by atoms with Crippen LogP contribution in [-0.4, -0.2) is 55.9 Å². The second kappa shape index (κ2) is 6.11. The van der Waals surface area contributed by atoms with Crippen LogP contribution >= 0.6 is 0 Å². The van der Waals surface area contributed by atoms with Gasteiger partial charge in [0, 0.05) is 25.0 Å². The molecule has 0 aliphatic carbocycles. The van der Waals surface area contributed by atoms with Gasteiger partial charge in [-0.3, -0.25) is 4.90 Å². The van der Waals surface area contributed by atoms with Crippen LogP contribution in [0.5, 0.6) is 0 Å². The highest BCUT2D eigenvalue weighted by molar-refractivity contribution is 5.47. The number of aromatic nitrogens is 5. The van der Waals surface area contributed by atoms with E-state index in [1.54, 1.807) is 4.52 Å². The van der Waals surface area contributed by atoms with Crippen LogP contribution in [0.15, 0.2) is 22.7 Å². The maximum atomic E-state index is 5.80. The predicted octanol–water partition coefficient (Wildman–Crippen LogP) is 1.86. The Bertz CT molecular complexity index is 878. The van der Waals surface area contributed by atoms with Gasteiger partial charge in [-0.1, -0.05) is 13.8 Å². The molecule has 4 heterocycles. The van der Waals surface area contributed by atoms with Gasteiger partial charge in [-0.25, -0.2) is 4.98 Å². The quantitative estimate of drug-likeness (QED) is 0.701. The zero-order chi connectivity index (χ0) is 17.6. The third kappa shape index (κ3) is 2.97. The van der Waals surface area contributed by atoms with Crippen molar-refractivity contribution >= 4 is 11.5 Å². The largest absolute Gasteiger partial charge is 0.444 e. The lowest BCUT2D eigenvalue weighted by atomic mass is 10.1. The lowest BCUT2D eigenvalue weighted by Gasteiger charge is -2.44. The van der Waals surface area contributed by atoms with Crippen molar-refractivity contribution < 1.29 is 4.42 Å². The first-order chi connectivity index (χ1) is 12.0. The van der Waals surface area contributed by atoms with E-state index in [4.69, 9.17) is 4.42 Å². The molecule has 3 aromatic rings. The molecule has 0 saturated carbocycles. The molecule has 0 atom stereocenters. The van der Waals surface area contributed by atoms with E-state index in [2.05, 4.69) is 51.0 Å². The molecule has 0 bridgehead atoms. The molecule has 1 aliphatic heterocycles. The Morgan fingerprint density at radius 1 is 1.28 bits per heavy atom. The first-order valence-electron chi connectivity index (χ1n) is 8.60. The van der Waals surface area contributed by atoms with Crippen LogP contribution in [0.3, 0.4) is 0 Å². The van der Waals surface area contributed by atoms with Crippen molar-refractivity contribution in [3.63, 3.8) is 0 Å². The minimum Gasteiger partial charge on any atom is -0.444 e. The zero-order valence-electron chi connectivity index (χ0n) is 15.0. The van der Waals surface area contributed by atoms with E-state index in [0.717, 1.165) is 48.6 Å². The highest BCUT2D eigenvalue weighted by atomic mass is 16.4. The summed E-state index contributed by atoms with van der Waals surface area (Å²) in [6.45, 7) is 8.73. The highest BCUT2D eigenvalue weighted by Gasteiger charge is 2.31. The lowest BCUT2D eigenvalue weighted by Crippen LogP contribution is -2.58. The van der Waals surface area contributed by atoms with Crippen LogP contribution in [0.2, 0.25) is 0 Å². The van der Waals surface area contributed by atoms with Crippen molar-refractivity contribution in [1.29, 1.82) is 0 Å². The average molecular weight is 341 g/mol. The second-order valence-corrected chi connectivity index (χ2v) is 6.99. The van der Waals surface area contributed by atoms with E-state index in [-0.39, 0.29) is 0 Å². The molecule has 0 N–H and O–H groups in total. The van der Waals surface area contributed by atoms with Crippen molar-refractivity contribution in [3.8, 4) is 0 Å². The van der Waals surface area contributed by atoms with Gasteiger partial charge in [0.1, 0.15) is 11.6 Å². The topological polar surface area (TPSA) is 75.6 Å². The predicted molar refractivity (Wildman–Crippen MR) is 93.6 cm³/mol. The van der Waals surface area contributed by atoms with E-state index in [0.29, 0.717) is 12.0 Å². The lowest BCUT2D eigenvalue weighted by molar-refractivity contribution is 0.179. The molecule has 4 rings (SSSR count). The number of hydrogen-bond donors (Lipinski definition) is 0. The molecule has 0 unspecified atom stereocenters. The zero-order valence-corrected chi connectivity index (χ0v) is 15.0. The summed E-state index contributed by atoms with van der Waals surface area (Å²) < 4.78 is 7.59. The van der Waals surface area contributed by atoms with Gasteiger partial charge in [0.15, 0.2) is 11.5 Å². The van der Waals surface area contributed by atoms with Gasteiger partial charge in [0.2, 0.25) is 5.89 Å². The molecule has 1 fully saturated rings. The van der Waals surface area contributed by atoms with E-state index in [1.807, 2.05) is 25.3 Å². The summed E-state index contributed by atoms with van der Waals surface area (Å²) in [5.74, 6) is 3.85. The Balaban J connectivity index is 1.37. The number of rotatable bonds is 5. The molecule has 8 heteroatoms. The maximum Gasteiger partial charge on any atom is 0.208 e. The number of hydrogen-bond acceptors (Lipinski definition) is 7. The smallest absolute Gasteiger partial charge is 0.208 e. The minimum absolute atomic E-state index is 0.368. The van der Waals surface area contributed by atoms with Gasteiger partial charge in [-0.2, -0.15) is 4.52 Å². The molecule has 8 nitrogen and oxygen atoms in total. The van der Waals surface area contributed by atoms with Crippen molar-refractivity contribution in [2.45, 2.75) is 39.3 Å². The third-order valence-corrected chi connectivity index (χ3v) is 4.74. The molecule has 0 spiro atoms. The van der Waals surface area contributed by atoms with Crippen LogP contribution in [0, 0.1) is 6.92 Å². The van der Waals surface area contributed by atoms with Gasteiger partial charge in [-0.15, -0.1) is 15.3 Å². The Morgan fingerprint density at radius 3 is 2.80 bits per heavy atom. The summed E-state index contributed by atoms with van der Waals surface area (Å²) in [5.41, 5.74) is 0.778. The fraction of sp³-hybridized carbons (Fsp3) is 0.529. The van der Waals surface area contributed by atoms with E-state index in [9.17, 15) is 0 Å². The number of nitrogens with zero attached hydrogens (tertiary/aromatic N) is 7. The number of aryl methyl sites for hydroxylation is 1. The number of likely N-dealkylation sites (N-methyl/N-ethyl adjacent to an activating group) is 1. The van der Waals surface area contributed by atoms with Gasteiger partial charge in [0.25, 0.3) is 0 Å².